The van der Waals surface area contributed by atoms with Gasteiger partial charge >= 0.3 is 18.0 Å². The predicted molar refractivity (Wildman–Crippen MR) is 149 cm³/mol. The van der Waals surface area contributed by atoms with Crippen molar-refractivity contribution in [3.8, 4) is 0 Å². The van der Waals surface area contributed by atoms with Gasteiger partial charge in [0.05, 0.1) is 13.0 Å². The van der Waals surface area contributed by atoms with E-state index in [9.17, 15) is 33.9 Å². The van der Waals surface area contributed by atoms with E-state index < -0.39 is 72.6 Å². The van der Waals surface area contributed by atoms with Crippen LogP contribution in [0.4, 0.5) is 9.93 Å². The van der Waals surface area contributed by atoms with Crippen molar-refractivity contribution in [1.29, 1.82) is 0 Å². The Balaban J connectivity index is 0.00000206. The molecule has 0 saturated carbocycles. The number of hydrogen-bond acceptors (Lipinski definition) is 9. The van der Waals surface area contributed by atoms with Crippen LogP contribution in [0.5, 0.6) is 0 Å². The lowest BCUT2D eigenvalue weighted by molar-refractivity contribution is -0.144. The number of anilines is 1. The molecular weight excluding hydrogens is 576 g/mol. The first-order valence-corrected chi connectivity index (χ1v) is 13.1. The molecule has 0 spiro atoms. The van der Waals surface area contributed by atoms with Gasteiger partial charge < -0.3 is 36.6 Å². The molecule has 2 aromatic rings. The summed E-state index contributed by atoms with van der Waals surface area (Å²) in [6.07, 6.45) is -0.802. The lowest BCUT2D eigenvalue weighted by atomic mass is 10.0. The van der Waals surface area contributed by atoms with Crippen LogP contribution in [0.3, 0.4) is 0 Å². The quantitative estimate of drug-likeness (QED) is 0.155. The van der Waals surface area contributed by atoms with Crippen molar-refractivity contribution in [3.05, 3.63) is 47.0 Å². The van der Waals surface area contributed by atoms with E-state index >= 15 is 0 Å². The van der Waals surface area contributed by atoms with Gasteiger partial charge in [0.15, 0.2) is 5.13 Å². The van der Waals surface area contributed by atoms with Gasteiger partial charge in [0, 0.05) is 18.8 Å². The van der Waals surface area contributed by atoms with Crippen LogP contribution < -0.4 is 26.6 Å². The summed E-state index contributed by atoms with van der Waals surface area (Å²) in [4.78, 5) is 84.5. The molecule has 1 heterocycles. The Morgan fingerprint density at radius 1 is 0.929 bits per heavy atom. The van der Waals surface area contributed by atoms with Crippen molar-refractivity contribution in [2.45, 2.75) is 45.8 Å². The van der Waals surface area contributed by atoms with Crippen LogP contribution in [0, 0.1) is 5.92 Å². The van der Waals surface area contributed by atoms with Crippen molar-refractivity contribution in [2.24, 2.45) is 5.92 Å². The number of nitrogens with one attached hydrogen (secondary N) is 5. The predicted octanol–water partition coefficient (Wildman–Crippen LogP) is 0.470. The summed E-state index contributed by atoms with van der Waals surface area (Å²) >= 11 is 0.983. The summed E-state index contributed by atoms with van der Waals surface area (Å²) in [6, 6.07) is 5.83. The van der Waals surface area contributed by atoms with Crippen LogP contribution in [0.1, 0.15) is 43.2 Å². The summed E-state index contributed by atoms with van der Waals surface area (Å²) in [5, 5.41) is 39.0. The van der Waals surface area contributed by atoms with Gasteiger partial charge in [-0.3, -0.25) is 29.3 Å². The van der Waals surface area contributed by atoms with Gasteiger partial charge in [0.1, 0.15) is 17.8 Å². The normalized spacial score (nSPS) is 11.5. The summed E-state index contributed by atoms with van der Waals surface area (Å²) in [5.41, 5.74) is 0.812. The number of aromatic nitrogens is 1. The van der Waals surface area contributed by atoms with Crippen LogP contribution in [0.2, 0.25) is 0 Å². The molecule has 17 heteroatoms. The number of amides is 5. The van der Waals surface area contributed by atoms with Crippen LogP contribution in [-0.2, 0) is 30.5 Å². The standard InChI is InChI=1S/C23H28N6O8S.C2H4O2/c1-12(2)18(21(35)36)28-20(34)14(8-17(31)32)26-16(30)10-24-19(33)15-11-38-23(27-15)29-22(37)25-9-13-6-4-3-5-7-13;1-2(3)4/h3-7,11-12,14,18H,8-10H2,1-2H3,(H,24,33)(H,26,30)(H,28,34)(H,31,32)(H,35,36)(H2,25,27,29,37);1H3,(H,3,4)/t14-,18-;/m0./s1. The Morgan fingerprint density at radius 2 is 1.55 bits per heavy atom. The zero-order chi connectivity index (χ0) is 31.8. The molecule has 8 N–H and O–H groups in total. The third-order valence-corrected chi connectivity index (χ3v) is 5.68. The average molecular weight is 609 g/mol. The average Bonchev–Trinajstić information content (AvgIpc) is 3.36. The van der Waals surface area contributed by atoms with E-state index in [2.05, 4.69) is 31.6 Å². The van der Waals surface area contributed by atoms with E-state index in [0.717, 1.165) is 23.8 Å². The lowest BCUT2D eigenvalue weighted by Gasteiger charge is -2.22. The molecule has 16 nitrogen and oxygen atoms in total. The molecule has 5 amide bonds. The van der Waals surface area contributed by atoms with E-state index in [4.69, 9.17) is 15.0 Å². The Bertz CT molecular complexity index is 1260. The maximum absolute atomic E-state index is 12.4. The van der Waals surface area contributed by atoms with Crippen LogP contribution in [0.25, 0.3) is 0 Å². The van der Waals surface area contributed by atoms with Gasteiger partial charge in [0.25, 0.3) is 11.9 Å². The van der Waals surface area contributed by atoms with Crippen molar-refractivity contribution < 1.29 is 48.9 Å². The van der Waals surface area contributed by atoms with Gasteiger partial charge in [-0.15, -0.1) is 11.3 Å². The van der Waals surface area contributed by atoms with Crippen molar-refractivity contribution in [1.82, 2.24) is 26.3 Å². The smallest absolute Gasteiger partial charge is 0.326 e. The van der Waals surface area contributed by atoms with Gasteiger partial charge in [-0.2, -0.15) is 0 Å². The van der Waals surface area contributed by atoms with Gasteiger partial charge in [-0.1, -0.05) is 44.2 Å². The minimum Gasteiger partial charge on any atom is -0.481 e. The fourth-order valence-electron chi connectivity index (χ4n) is 3.00. The van der Waals surface area contributed by atoms with Crippen LogP contribution in [-0.4, -0.2) is 80.6 Å². The molecule has 42 heavy (non-hydrogen) atoms. The fourth-order valence-corrected chi connectivity index (χ4v) is 3.69. The molecule has 1 aromatic heterocycles. The monoisotopic (exact) mass is 608 g/mol. The number of benzene rings is 1. The molecule has 0 bridgehead atoms. The number of aliphatic carboxylic acids is 3. The molecule has 0 radical (unpaired) electrons. The molecule has 2 rings (SSSR count). The summed E-state index contributed by atoms with van der Waals surface area (Å²) < 4.78 is 0. The SMILES string of the molecule is CC(=O)O.CC(C)[C@H](NC(=O)[C@H](CC(=O)O)NC(=O)CNC(=O)c1csc(NC(=O)NCc2ccccc2)n1)C(=O)O. The lowest BCUT2D eigenvalue weighted by Crippen LogP contribution is -2.54. The van der Waals surface area contributed by atoms with Crippen molar-refractivity contribution in [2.75, 3.05) is 11.9 Å². The zero-order valence-corrected chi connectivity index (χ0v) is 23.7. The summed E-state index contributed by atoms with van der Waals surface area (Å²) in [6.45, 7) is 3.86. The minimum absolute atomic E-state index is 0.0813. The number of urea groups is 1. The van der Waals surface area contributed by atoms with E-state index in [1.54, 1.807) is 13.8 Å². The molecule has 2 atom stereocenters. The highest BCUT2D eigenvalue weighted by atomic mass is 32.1. The number of hydrogen-bond donors (Lipinski definition) is 8. The van der Waals surface area contributed by atoms with Gasteiger partial charge in [0.2, 0.25) is 11.8 Å². The third kappa shape index (κ3) is 13.8. The molecule has 0 aliphatic rings. The molecule has 228 valence electrons. The molecule has 0 saturated heterocycles. The van der Waals surface area contributed by atoms with Gasteiger partial charge in [-0.05, 0) is 11.5 Å². The second-order valence-electron chi connectivity index (χ2n) is 8.82. The van der Waals surface area contributed by atoms with Gasteiger partial charge in [-0.25, -0.2) is 14.6 Å². The second-order valence-corrected chi connectivity index (χ2v) is 9.68. The van der Waals surface area contributed by atoms with E-state index in [-0.39, 0.29) is 17.4 Å². The number of thiazole rings is 1. The molecule has 0 fully saturated rings. The molecule has 0 unspecified atom stereocenters. The summed E-state index contributed by atoms with van der Waals surface area (Å²) in [7, 11) is 0. The summed E-state index contributed by atoms with van der Waals surface area (Å²) in [5.74, 6) is -6.67. The molecular formula is C25H32N6O10S. The highest BCUT2D eigenvalue weighted by Crippen LogP contribution is 2.15. The second kappa shape index (κ2) is 17.6. The van der Waals surface area contributed by atoms with Crippen molar-refractivity contribution in [3.63, 3.8) is 0 Å². The molecule has 1 aromatic carbocycles. The third-order valence-electron chi connectivity index (χ3n) is 4.92. The zero-order valence-electron chi connectivity index (χ0n) is 22.9. The highest BCUT2D eigenvalue weighted by Gasteiger charge is 2.30. The Kier molecular flexibility index (Phi) is 14.6. The minimum atomic E-state index is -1.57. The number of nitrogens with zero attached hydrogens (tertiary/aromatic N) is 1. The van der Waals surface area contributed by atoms with Crippen LogP contribution in [0.15, 0.2) is 35.7 Å². The van der Waals surface area contributed by atoms with Crippen LogP contribution >= 0.6 is 11.3 Å². The van der Waals surface area contributed by atoms with Crippen molar-refractivity contribution >= 4 is 58.1 Å². The highest BCUT2D eigenvalue weighted by molar-refractivity contribution is 7.14. The van der Waals surface area contributed by atoms with E-state index in [1.165, 1.54) is 5.38 Å². The Morgan fingerprint density at radius 3 is 2.10 bits per heavy atom. The maximum Gasteiger partial charge on any atom is 0.326 e. The Hall–Kier alpha value is -5.06. The first-order valence-electron chi connectivity index (χ1n) is 12.3. The number of carbonyl (C=O) groups excluding carboxylic acids is 4. The first kappa shape index (κ1) is 35.0. The van der Waals surface area contributed by atoms with E-state index in [0.29, 0.717) is 0 Å². The number of rotatable bonds is 13. The number of carbonyl (C=O) groups is 7. The maximum atomic E-state index is 12.4. The van der Waals surface area contributed by atoms with E-state index in [1.807, 2.05) is 30.3 Å². The first-order chi connectivity index (χ1) is 19.7. The topological polar surface area (TPSA) is 253 Å². The fraction of sp³-hybridized carbons (Fsp3) is 0.360. The molecule has 0 aliphatic heterocycles. The number of carboxylic acid groups (broad SMARTS) is 3. The largest absolute Gasteiger partial charge is 0.481 e. The molecule has 0 aliphatic carbocycles. The number of carboxylic acids is 3. The Labute approximate surface area is 243 Å².